The maximum Gasteiger partial charge on any atom is 0.345 e. The lowest BCUT2D eigenvalue weighted by Gasteiger charge is -2.15. The fourth-order valence-electron chi connectivity index (χ4n) is 2.29. The summed E-state index contributed by atoms with van der Waals surface area (Å²) in [4.78, 5) is 14.0. The van der Waals surface area contributed by atoms with E-state index in [2.05, 4.69) is 16.9 Å². The van der Waals surface area contributed by atoms with Crippen LogP contribution < -0.4 is 10.6 Å². The second-order valence-corrected chi connectivity index (χ2v) is 4.49. The van der Waals surface area contributed by atoms with Gasteiger partial charge in [0.25, 0.3) is 0 Å². The number of ether oxygens (including phenoxy) is 1. The molecular formula is C12H20N4O2. The van der Waals surface area contributed by atoms with Crippen LogP contribution in [0.2, 0.25) is 0 Å². The number of nitrogens with two attached hydrogens (primary N) is 1. The van der Waals surface area contributed by atoms with Crippen LogP contribution in [-0.4, -0.2) is 35.9 Å². The average Bonchev–Trinajstić information content (AvgIpc) is 2.98. The Hall–Kier alpha value is -1.72. The van der Waals surface area contributed by atoms with Crippen molar-refractivity contribution in [2.75, 3.05) is 30.8 Å². The number of nitrogen functional groups attached to an aromatic ring is 1. The Morgan fingerprint density at radius 2 is 2.11 bits per heavy atom. The third-order valence-electron chi connectivity index (χ3n) is 3.20. The summed E-state index contributed by atoms with van der Waals surface area (Å²) in [6, 6.07) is 0. The first-order chi connectivity index (χ1) is 8.69. The summed E-state index contributed by atoms with van der Waals surface area (Å²) < 4.78 is 6.50. The minimum atomic E-state index is -0.406. The molecule has 2 heterocycles. The zero-order valence-electron chi connectivity index (χ0n) is 11.0. The fourth-order valence-corrected chi connectivity index (χ4v) is 2.29. The molecule has 0 atom stereocenters. The van der Waals surface area contributed by atoms with Crippen molar-refractivity contribution in [3.8, 4) is 0 Å². The predicted molar refractivity (Wildman–Crippen MR) is 69.7 cm³/mol. The number of esters is 1. The lowest BCUT2D eigenvalue weighted by atomic mass is 10.3. The fraction of sp³-hybridized carbons (Fsp3) is 0.667. The first kappa shape index (κ1) is 12.7. The van der Waals surface area contributed by atoms with E-state index in [1.54, 1.807) is 4.68 Å². The molecule has 6 heteroatoms. The molecule has 0 aliphatic carbocycles. The van der Waals surface area contributed by atoms with E-state index in [-0.39, 0.29) is 0 Å². The van der Waals surface area contributed by atoms with Crippen molar-refractivity contribution in [1.82, 2.24) is 9.78 Å². The Balaban J connectivity index is 2.41. The van der Waals surface area contributed by atoms with Crippen molar-refractivity contribution in [1.29, 1.82) is 0 Å². The van der Waals surface area contributed by atoms with Crippen molar-refractivity contribution < 1.29 is 9.53 Å². The SMILES string of the molecule is CCCn1nc(N2CCCC2)c(C(=O)OC)c1N. The van der Waals surface area contributed by atoms with E-state index >= 15 is 0 Å². The molecule has 0 aromatic carbocycles. The molecule has 0 saturated carbocycles. The number of anilines is 2. The van der Waals surface area contributed by atoms with Crippen LogP contribution >= 0.6 is 0 Å². The van der Waals surface area contributed by atoms with Gasteiger partial charge in [-0.2, -0.15) is 5.10 Å². The smallest absolute Gasteiger partial charge is 0.345 e. The second kappa shape index (κ2) is 5.29. The highest BCUT2D eigenvalue weighted by molar-refractivity contribution is 5.99. The summed E-state index contributed by atoms with van der Waals surface area (Å²) in [6.45, 7) is 4.61. The van der Waals surface area contributed by atoms with Crippen LogP contribution in [0, 0.1) is 0 Å². The number of aromatic nitrogens is 2. The molecule has 2 rings (SSSR count). The largest absolute Gasteiger partial charge is 0.465 e. The molecule has 0 amide bonds. The Labute approximate surface area is 107 Å². The number of rotatable bonds is 4. The number of carbonyl (C=O) groups is 1. The molecule has 2 N–H and O–H groups in total. The summed E-state index contributed by atoms with van der Waals surface area (Å²) in [6.07, 6.45) is 3.17. The van der Waals surface area contributed by atoms with Gasteiger partial charge in [-0.15, -0.1) is 0 Å². The van der Waals surface area contributed by atoms with Crippen LogP contribution in [-0.2, 0) is 11.3 Å². The molecule has 6 nitrogen and oxygen atoms in total. The van der Waals surface area contributed by atoms with E-state index in [9.17, 15) is 4.79 Å². The van der Waals surface area contributed by atoms with Gasteiger partial charge in [-0.25, -0.2) is 9.48 Å². The Bertz CT molecular complexity index is 436. The molecule has 18 heavy (non-hydrogen) atoms. The van der Waals surface area contributed by atoms with Gasteiger partial charge in [-0.3, -0.25) is 0 Å². The number of aryl methyl sites for hydroxylation is 1. The van der Waals surface area contributed by atoms with Crippen LogP contribution in [0.3, 0.4) is 0 Å². The summed E-state index contributed by atoms with van der Waals surface area (Å²) >= 11 is 0. The van der Waals surface area contributed by atoms with Gasteiger partial charge in [-0.05, 0) is 19.3 Å². The molecule has 0 spiro atoms. The Morgan fingerprint density at radius 1 is 1.44 bits per heavy atom. The highest BCUT2D eigenvalue weighted by Gasteiger charge is 2.27. The van der Waals surface area contributed by atoms with Gasteiger partial charge in [0, 0.05) is 19.6 Å². The van der Waals surface area contributed by atoms with Gasteiger partial charge >= 0.3 is 5.97 Å². The van der Waals surface area contributed by atoms with Gasteiger partial charge in [-0.1, -0.05) is 6.92 Å². The van der Waals surface area contributed by atoms with E-state index < -0.39 is 5.97 Å². The number of hydrogen-bond acceptors (Lipinski definition) is 5. The average molecular weight is 252 g/mol. The molecule has 1 aromatic heterocycles. The summed E-state index contributed by atoms with van der Waals surface area (Å²) in [5.74, 6) is 0.674. The van der Waals surface area contributed by atoms with Gasteiger partial charge in [0.15, 0.2) is 5.82 Å². The first-order valence-corrected chi connectivity index (χ1v) is 6.38. The normalized spacial score (nSPS) is 15.1. The van der Waals surface area contributed by atoms with Gasteiger partial charge < -0.3 is 15.4 Å². The summed E-state index contributed by atoms with van der Waals surface area (Å²) in [5.41, 5.74) is 6.42. The third kappa shape index (κ3) is 2.14. The molecule has 1 fully saturated rings. The monoisotopic (exact) mass is 252 g/mol. The molecule has 0 radical (unpaired) electrons. The maximum atomic E-state index is 11.8. The molecule has 1 aromatic rings. The van der Waals surface area contributed by atoms with Crippen molar-refractivity contribution >= 4 is 17.6 Å². The van der Waals surface area contributed by atoms with E-state index in [1.807, 2.05) is 0 Å². The highest BCUT2D eigenvalue weighted by Crippen LogP contribution is 2.28. The molecular weight excluding hydrogens is 232 g/mol. The number of methoxy groups -OCH3 is 1. The van der Waals surface area contributed by atoms with Gasteiger partial charge in [0.2, 0.25) is 0 Å². The van der Waals surface area contributed by atoms with E-state index in [0.29, 0.717) is 23.7 Å². The summed E-state index contributed by atoms with van der Waals surface area (Å²) in [7, 11) is 1.37. The van der Waals surface area contributed by atoms with Crippen LogP contribution in [0.25, 0.3) is 0 Å². The standard InChI is InChI=1S/C12H20N4O2/c1-3-6-16-10(13)9(12(17)18-2)11(14-16)15-7-4-5-8-15/h3-8,13H2,1-2H3. The lowest BCUT2D eigenvalue weighted by Crippen LogP contribution is -2.21. The molecule has 0 bridgehead atoms. The Kier molecular flexibility index (Phi) is 3.74. The molecule has 1 saturated heterocycles. The van der Waals surface area contributed by atoms with E-state index in [0.717, 1.165) is 32.4 Å². The van der Waals surface area contributed by atoms with Crippen LogP contribution in [0.15, 0.2) is 0 Å². The third-order valence-corrected chi connectivity index (χ3v) is 3.20. The number of nitrogens with zero attached hydrogens (tertiary/aromatic N) is 3. The van der Waals surface area contributed by atoms with Gasteiger partial charge in [0.1, 0.15) is 11.4 Å². The van der Waals surface area contributed by atoms with Crippen LogP contribution in [0.5, 0.6) is 0 Å². The molecule has 1 aliphatic heterocycles. The molecule has 0 unspecified atom stereocenters. The van der Waals surface area contributed by atoms with Crippen LogP contribution in [0.4, 0.5) is 11.6 Å². The summed E-state index contributed by atoms with van der Waals surface area (Å²) in [5, 5.41) is 4.47. The van der Waals surface area contributed by atoms with Crippen molar-refractivity contribution in [3.05, 3.63) is 5.56 Å². The molecule has 1 aliphatic rings. The molecule has 100 valence electrons. The topological polar surface area (TPSA) is 73.4 Å². The maximum absolute atomic E-state index is 11.8. The zero-order valence-corrected chi connectivity index (χ0v) is 11.0. The lowest BCUT2D eigenvalue weighted by molar-refractivity contribution is 0.0602. The van der Waals surface area contributed by atoms with Crippen LogP contribution in [0.1, 0.15) is 36.5 Å². The first-order valence-electron chi connectivity index (χ1n) is 6.38. The Morgan fingerprint density at radius 3 is 2.67 bits per heavy atom. The van der Waals surface area contributed by atoms with Crippen molar-refractivity contribution in [2.24, 2.45) is 0 Å². The van der Waals surface area contributed by atoms with E-state index in [4.69, 9.17) is 10.5 Å². The number of carbonyl (C=O) groups excluding carboxylic acids is 1. The highest BCUT2D eigenvalue weighted by atomic mass is 16.5. The van der Waals surface area contributed by atoms with Crippen molar-refractivity contribution in [3.63, 3.8) is 0 Å². The second-order valence-electron chi connectivity index (χ2n) is 4.49. The van der Waals surface area contributed by atoms with Gasteiger partial charge in [0.05, 0.1) is 7.11 Å². The zero-order chi connectivity index (χ0) is 13.1. The van der Waals surface area contributed by atoms with Crippen molar-refractivity contribution in [2.45, 2.75) is 32.7 Å². The minimum absolute atomic E-state index is 0.406. The predicted octanol–water partition coefficient (Wildman–Crippen LogP) is 1.26. The quantitative estimate of drug-likeness (QED) is 0.817. The van der Waals surface area contributed by atoms with E-state index in [1.165, 1.54) is 7.11 Å². The number of hydrogen-bond donors (Lipinski definition) is 1. The minimum Gasteiger partial charge on any atom is -0.465 e.